The van der Waals surface area contributed by atoms with Crippen LogP contribution in [0.5, 0.6) is 0 Å². The van der Waals surface area contributed by atoms with Crippen molar-refractivity contribution in [1.82, 2.24) is 5.06 Å². The first-order valence-corrected chi connectivity index (χ1v) is 9.15. The first-order chi connectivity index (χ1) is 12.5. The monoisotopic (exact) mass is 469 g/mol. The van der Waals surface area contributed by atoms with Crippen LogP contribution in [-0.4, -0.2) is 48.5 Å². The van der Waals surface area contributed by atoms with Gasteiger partial charge in [0.25, 0.3) is 0 Å². The van der Waals surface area contributed by atoms with Crippen molar-refractivity contribution in [2.24, 2.45) is 0 Å². The van der Waals surface area contributed by atoms with Gasteiger partial charge in [-0.2, -0.15) is 5.06 Å². The van der Waals surface area contributed by atoms with Gasteiger partial charge < -0.3 is 14.7 Å². The van der Waals surface area contributed by atoms with E-state index in [-0.39, 0.29) is 26.3 Å². The number of esters is 2. The molecule has 0 aliphatic heterocycles. The highest BCUT2D eigenvalue weighted by molar-refractivity contribution is 14.1. The predicted octanol–water partition coefficient (Wildman–Crippen LogP) is 3.30. The number of hydrogen-bond donors (Lipinski definition) is 1. The Labute approximate surface area is 165 Å². The van der Waals surface area contributed by atoms with Gasteiger partial charge in [0.1, 0.15) is 13.2 Å². The highest BCUT2D eigenvalue weighted by Crippen LogP contribution is 2.12. The lowest BCUT2D eigenvalue weighted by atomic mass is 10.1. The van der Waals surface area contributed by atoms with Crippen molar-refractivity contribution in [2.45, 2.75) is 6.92 Å². The van der Waals surface area contributed by atoms with Crippen LogP contribution in [-0.2, 0) is 9.47 Å². The summed E-state index contributed by atoms with van der Waals surface area (Å²) in [5.74, 6) is -0.865. The molecule has 0 heterocycles. The Morgan fingerprint density at radius 3 is 2.00 bits per heavy atom. The van der Waals surface area contributed by atoms with Crippen molar-refractivity contribution in [2.75, 3.05) is 26.3 Å². The summed E-state index contributed by atoms with van der Waals surface area (Å²) in [6.07, 6.45) is 0. The minimum absolute atomic E-state index is 0.0338. The van der Waals surface area contributed by atoms with E-state index >= 15 is 0 Å². The van der Waals surface area contributed by atoms with Gasteiger partial charge in [0.15, 0.2) is 0 Å². The molecule has 0 saturated carbocycles. The zero-order chi connectivity index (χ0) is 18.9. The Bertz CT molecular complexity index is 702. The summed E-state index contributed by atoms with van der Waals surface area (Å²) in [5.41, 5.74) is 1.83. The largest absolute Gasteiger partial charge is 0.461 e. The molecule has 1 N–H and O–H groups in total. The van der Waals surface area contributed by atoms with Crippen LogP contribution in [0.4, 0.5) is 0 Å². The van der Waals surface area contributed by atoms with Gasteiger partial charge in [-0.05, 0) is 53.3 Å². The van der Waals surface area contributed by atoms with Crippen LogP contribution in [0.3, 0.4) is 0 Å². The highest BCUT2D eigenvalue weighted by atomic mass is 127. The third-order valence-electron chi connectivity index (χ3n) is 3.62. The summed E-state index contributed by atoms with van der Waals surface area (Å²) in [5, 5.41) is 10.7. The summed E-state index contributed by atoms with van der Waals surface area (Å²) >= 11 is 2.06. The highest BCUT2D eigenvalue weighted by Gasteiger charge is 2.12. The van der Waals surface area contributed by atoms with Crippen molar-refractivity contribution in [3.63, 3.8) is 0 Å². The smallest absolute Gasteiger partial charge is 0.339 e. The van der Waals surface area contributed by atoms with E-state index in [1.54, 1.807) is 24.3 Å². The second-order valence-corrected chi connectivity index (χ2v) is 6.68. The number of hydroxylamine groups is 2. The minimum atomic E-state index is -0.436. The molecule has 0 fully saturated rings. The maximum Gasteiger partial charge on any atom is 0.339 e. The molecule has 7 heteroatoms. The van der Waals surface area contributed by atoms with Gasteiger partial charge in [0.2, 0.25) is 0 Å². The number of carbonyl (C=O) groups is 2. The Hall–Kier alpha value is -1.97. The lowest BCUT2D eigenvalue weighted by molar-refractivity contribution is -0.107. The van der Waals surface area contributed by atoms with Crippen LogP contribution < -0.4 is 0 Å². The molecule has 0 unspecified atom stereocenters. The molecule has 2 rings (SSSR count). The van der Waals surface area contributed by atoms with E-state index in [4.69, 9.17) is 9.47 Å². The number of halogens is 1. The van der Waals surface area contributed by atoms with E-state index in [0.717, 1.165) is 14.2 Å². The molecule has 0 saturated heterocycles. The van der Waals surface area contributed by atoms with Crippen LogP contribution in [0.2, 0.25) is 0 Å². The molecule has 0 atom stereocenters. The minimum Gasteiger partial charge on any atom is -0.461 e. The average molecular weight is 469 g/mol. The van der Waals surface area contributed by atoms with E-state index in [1.807, 2.05) is 31.2 Å². The molecule has 0 aliphatic rings. The van der Waals surface area contributed by atoms with Gasteiger partial charge in [0.05, 0.1) is 24.2 Å². The Balaban J connectivity index is 1.67. The number of hydrogen-bond acceptors (Lipinski definition) is 6. The number of benzene rings is 2. The van der Waals surface area contributed by atoms with Gasteiger partial charge in [-0.25, -0.2) is 9.59 Å². The maximum absolute atomic E-state index is 11.9. The normalized spacial score (nSPS) is 10.6. The summed E-state index contributed by atoms with van der Waals surface area (Å²) < 4.78 is 11.1. The summed E-state index contributed by atoms with van der Waals surface area (Å²) in [6, 6.07) is 14.2. The van der Waals surface area contributed by atoms with Gasteiger partial charge in [0, 0.05) is 3.57 Å². The number of ether oxygens (including phenoxy) is 2. The lowest BCUT2D eigenvalue weighted by Gasteiger charge is -2.15. The van der Waals surface area contributed by atoms with Crippen molar-refractivity contribution < 1.29 is 24.3 Å². The first kappa shape index (κ1) is 20.3. The Morgan fingerprint density at radius 2 is 1.42 bits per heavy atom. The molecular weight excluding hydrogens is 449 g/mol. The zero-order valence-electron chi connectivity index (χ0n) is 14.4. The average Bonchev–Trinajstić information content (AvgIpc) is 2.62. The van der Waals surface area contributed by atoms with Crippen LogP contribution in [0.15, 0.2) is 48.5 Å². The van der Waals surface area contributed by atoms with E-state index in [2.05, 4.69) is 22.6 Å². The fourth-order valence-corrected chi connectivity index (χ4v) is 2.79. The van der Waals surface area contributed by atoms with Gasteiger partial charge >= 0.3 is 11.9 Å². The Kier molecular flexibility index (Phi) is 8.02. The number of rotatable bonds is 8. The molecule has 0 spiro atoms. The quantitative estimate of drug-likeness (QED) is 0.363. The van der Waals surface area contributed by atoms with Crippen molar-refractivity contribution in [3.8, 4) is 0 Å². The molecule has 0 amide bonds. The lowest BCUT2D eigenvalue weighted by Crippen LogP contribution is -2.29. The van der Waals surface area contributed by atoms with E-state index in [9.17, 15) is 14.8 Å². The second kappa shape index (κ2) is 10.2. The molecule has 6 nitrogen and oxygen atoms in total. The van der Waals surface area contributed by atoms with Crippen LogP contribution >= 0.6 is 22.6 Å². The molecule has 0 bridgehead atoms. The van der Waals surface area contributed by atoms with Gasteiger partial charge in [-0.3, -0.25) is 0 Å². The third kappa shape index (κ3) is 6.08. The van der Waals surface area contributed by atoms with E-state index in [1.165, 1.54) is 0 Å². The summed E-state index contributed by atoms with van der Waals surface area (Å²) in [6.45, 7) is 2.15. The molecule has 26 heavy (non-hydrogen) atoms. The summed E-state index contributed by atoms with van der Waals surface area (Å²) in [4.78, 5) is 23.9. The Morgan fingerprint density at radius 1 is 0.923 bits per heavy atom. The standard InChI is InChI=1S/C19H20INO5/c1-14-6-2-3-7-15(14)18(22)25-12-10-21(24)11-13-26-19(23)16-8-4-5-9-17(16)20/h2-9,24H,10-13H2,1H3. The van der Waals surface area contributed by atoms with Crippen LogP contribution in [0, 0.1) is 10.5 Å². The van der Waals surface area contributed by atoms with Crippen molar-refractivity contribution in [3.05, 3.63) is 68.8 Å². The summed E-state index contributed by atoms with van der Waals surface area (Å²) in [7, 11) is 0. The molecule has 138 valence electrons. The fraction of sp³-hybridized carbons (Fsp3) is 0.263. The molecule has 2 aromatic rings. The second-order valence-electron chi connectivity index (χ2n) is 5.52. The van der Waals surface area contributed by atoms with Gasteiger partial charge in [-0.1, -0.05) is 30.3 Å². The first-order valence-electron chi connectivity index (χ1n) is 8.07. The van der Waals surface area contributed by atoms with E-state index < -0.39 is 11.9 Å². The topological polar surface area (TPSA) is 76.1 Å². The number of aryl methyl sites for hydroxylation is 1. The van der Waals surface area contributed by atoms with Crippen molar-refractivity contribution in [1.29, 1.82) is 0 Å². The zero-order valence-corrected chi connectivity index (χ0v) is 16.5. The van der Waals surface area contributed by atoms with Crippen LogP contribution in [0.25, 0.3) is 0 Å². The third-order valence-corrected chi connectivity index (χ3v) is 4.56. The van der Waals surface area contributed by atoms with E-state index in [0.29, 0.717) is 11.1 Å². The van der Waals surface area contributed by atoms with Crippen LogP contribution in [0.1, 0.15) is 26.3 Å². The van der Waals surface area contributed by atoms with Gasteiger partial charge in [-0.15, -0.1) is 0 Å². The molecule has 0 radical (unpaired) electrons. The number of carbonyl (C=O) groups excluding carboxylic acids is 2. The molecular formula is C19H20INO5. The number of nitrogens with zero attached hydrogens (tertiary/aromatic N) is 1. The van der Waals surface area contributed by atoms with Crippen molar-refractivity contribution >= 4 is 34.5 Å². The SMILES string of the molecule is Cc1ccccc1C(=O)OCCN(O)CCOC(=O)c1ccccc1I. The predicted molar refractivity (Wildman–Crippen MR) is 104 cm³/mol. The molecule has 0 aliphatic carbocycles. The molecule has 0 aromatic heterocycles. The molecule has 2 aromatic carbocycles. The fourth-order valence-electron chi connectivity index (χ4n) is 2.18. The maximum atomic E-state index is 11.9.